The van der Waals surface area contributed by atoms with E-state index in [9.17, 15) is 0 Å². The van der Waals surface area contributed by atoms with Crippen LogP contribution in [0.1, 0.15) is 31.9 Å². The molecule has 2 rings (SSSR count). The SMILES string of the molecule is CC(C)(C)[NH2+]/C=C(/Cc1ccccc1)c1ccccc1. The van der Waals surface area contributed by atoms with Gasteiger partial charge in [-0.15, -0.1) is 0 Å². The summed E-state index contributed by atoms with van der Waals surface area (Å²) in [5, 5.41) is 2.29. The number of quaternary nitrogens is 1. The summed E-state index contributed by atoms with van der Waals surface area (Å²) in [6.45, 7) is 6.69. The Morgan fingerprint density at radius 3 is 2.00 bits per heavy atom. The lowest BCUT2D eigenvalue weighted by atomic mass is 9.98. The van der Waals surface area contributed by atoms with Gasteiger partial charge in [0.2, 0.25) is 0 Å². The molecule has 0 aliphatic carbocycles. The molecule has 0 fully saturated rings. The molecule has 0 saturated carbocycles. The first-order valence-electron chi connectivity index (χ1n) is 7.19. The molecule has 1 heteroatoms. The Hall–Kier alpha value is -1.86. The molecule has 2 aromatic carbocycles. The van der Waals surface area contributed by atoms with Gasteiger partial charge in [-0.1, -0.05) is 60.7 Å². The predicted molar refractivity (Wildman–Crippen MR) is 86.2 cm³/mol. The van der Waals surface area contributed by atoms with Gasteiger partial charge in [0.15, 0.2) is 0 Å². The number of benzene rings is 2. The predicted octanol–water partition coefficient (Wildman–Crippen LogP) is 3.63. The molecule has 0 aliphatic heterocycles. The first kappa shape index (κ1) is 14.5. The van der Waals surface area contributed by atoms with Crippen LogP contribution in [0.3, 0.4) is 0 Å². The van der Waals surface area contributed by atoms with Crippen molar-refractivity contribution < 1.29 is 5.32 Å². The fourth-order valence-electron chi connectivity index (χ4n) is 2.08. The van der Waals surface area contributed by atoms with E-state index < -0.39 is 0 Å². The van der Waals surface area contributed by atoms with Crippen LogP contribution in [0.15, 0.2) is 66.9 Å². The van der Waals surface area contributed by atoms with Gasteiger partial charge in [-0.25, -0.2) is 0 Å². The minimum absolute atomic E-state index is 0.205. The Morgan fingerprint density at radius 2 is 1.45 bits per heavy atom. The lowest BCUT2D eigenvalue weighted by molar-refractivity contribution is -0.656. The highest BCUT2D eigenvalue weighted by molar-refractivity contribution is 5.66. The number of rotatable bonds is 4. The Morgan fingerprint density at radius 1 is 0.900 bits per heavy atom. The van der Waals surface area contributed by atoms with Crippen molar-refractivity contribution in [2.24, 2.45) is 0 Å². The third-order valence-corrected chi connectivity index (χ3v) is 3.17. The van der Waals surface area contributed by atoms with Crippen LogP contribution in [0, 0.1) is 0 Å². The fraction of sp³-hybridized carbons (Fsp3) is 0.263. The van der Waals surface area contributed by atoms with Crippen molar-refractivity contribution in [3.63, 3.8) is 0 Å². The van der Waals surface area contributed by atoms with Gasteiger partial charge in [-0.2, -0.15) is 0 Å². The summed E-state index contributed by atoms with van der Waals surface area (Å²) >= 11 is 0. The van der Waals surface area contributed by atoms with Crippen molar-refractivity contribution in [2.75, 3.05) is 0 Å². The molecule has 20 heavy (non-hydrogen) atoms. The van der Waals surface area contributed by atoms with Crippen LogP contribution in [0.2, 0.25) is 0 Å². The van der Waals surface area contributed by atoms with Gasteiger partial charge in [0.25, 0.3) is 0 Å². The van der Waals surface area contributed by atoms with Crippen LogP contribution >= 0.6 is 0 Å². The maximum Gasteiger partial charge on any atom is 0.0971 e. The first-order chi connectivity index (χ1) is 9.54. The second kappa shape index (κ2) is 6.53. The van der Waals surface area contributed by atoms with Gasteiger partial charge < -0.3 is 5.32 Å². The van der Waals surface area contributed by atoms with Crippen LogP contribution in [-0.2, 0) is 6.42 Å². The summed E-state index contributed by atoms with van der Waals surface area (Å²) in [6.07, 6.45) is 3.25. The van der Waals surface area contributed by atoms with E-state index >= 15 is 0 Å². The average molecular weight is 266 g/mol. The molecule has 0 aromatic heterocycles. The van der Waals surface area contributed by atoms with Crippen molar-refractivity contribution in [3.05, 3.63) is 78.0 Å². The van der Waals surface area contributed by atoms with Gasteiger partial charge in [0, 0.05) is 12.0 Å². The zero-order valence-corrected chi connectivity index (χ0v) is 12.6. The molecular formula is C19H24N+. The van der Waals surface area contributed by atoms with Crippen LogP contribution in [-0.4, -0.2) is 5.54 Å². The average Bonchev–Trinajstić information content (AvgIpc) is 2.44. The molecular weight excluding hydrogens is 242 g/mol. The molecule has 0 amide bonds. The summed E-state index contributed by atoms with van der Waals surface area (Å²) in [5.41, 5.74) is 4.23. The van der Waals surface area contributed by atoms with Gasteiger partial charge in [-0.3, -0.25) is 0 Å². The summed E-state index contributed by atoms with van der Waals surface area (Å²) in [5.74, 6) is 0. The molecule has 1 nitrogen and oxygen atoms in total. The lowest BCUT2D eigenvalue weighted by Gasteiger charge is -2.15. The molecule has 104 valence electrons. The molecule has 0 radical (unpaired) electrons. The standard InChI is InChI=1S/C19H23N/c1-19(2,3)20-15-18(17-12-8-5-9-13-17)14-16-10-6-4-7-11-16/h4-13,15,20H,14H2,1-3H3/p+1/b18-15-. The maximum atomic E-state index is 2.29. The van der Waals surface area contributed by atoms with Crippen LogP contribution in [0.4, 0.5) is 0 Å². The Labute approximate surface area is 122 Å². The highest BCUT2D eigenvalue weighted by Gasteiger charge is 2.13. The minimum atomic E-state index is 0.205. The second-order valence-corrected chi connectivity index (χ2v) is 6.25. The summed E-state index contributed by atoms with van der Waals surface area (Å²) in [7, 11) is 0. The maximum absolute atomic E-state index is 2.29. The highest BCUT2D eigenvalue weighted by Crippen LogP contribution is 2.18. The van der Waals surface area contributed by atoms with E-state index in [4.69, 9.17) is 0 Å². The molecule has 0 bridgehead atoms. The largest absolute Gasteiger partial charge is 0.316 e. The topological polar surface area (TPSA) is 16.6 Å². The molecule has 2 aromatic rings. The molecule has 0 unspecified atom stereocenters. The zero-order chi connectivity index (χ0) is 14.4. The molecule has 0 saturated heterocycles. The van der Waals surface area contributed by atoms with E-state index in [2.05, 4.69) is 93.0 Å². The lowest BCUT2D eigenvalue weighted by Crippen LogP contribution is -2.89. The molecule has 0 spiro atoms. The van der Waals surface area contributed by atoms with Gasteiger partial charge in [0.05, 0.1) is 11.7 Å². The number of hydrogen-bond acceptors (Lipinski definition) is 0. The van der Waals surface area contributed by atoms with Gasteiger partial charge in [-0.05, 0) is 31.9 Å². The normalized spacial score (nSPS) is 12.4. The van der Waals surface area contributed by atoms with Crippen molar-refractivity contribution in [2.45, 2.75) is 32.7 Å². The summed E-state index contributed by atoms with van der Waals surface area (Å²) in [6, 6.07) is 21.3. The quantitative estimate of drug-likeness (QED) is 0.870. The van der Waals surface area contributed by atoms with E-state index in [-0.39, 0.29) is 5.54 Å². The Balaban J connectivity index is 2.25. The van der Waals surface area contributed by atoms with E-state index in [1.165, 1.54) is 16.7 Å². The molecule has 0 heterocycles. The second-order valence-electron chi connectivity index (χ2n) is 6.25. The smallest absolute Gasteiger partial charge is 0.0971 e. The van der Waals surface area contributed by atoms with Gasteiger partial charge in [0.1, 0.15) is 0 Å². The molecule has 0 aliphatic rings. The fourth-order valence-corrected chi connectivity index (χ4v) is 2.08. The third-order valence-electron chi connectivity index (χ3n) is 3.17. The van der Waals surface area contributed by atoms with Crippen molar-refractivity contribution in [3.8, 4) is 0 Å². The third kappa shape index (κ3) is 4.67. The Bertz CT molecular complexity index is 547. The van der Waals surface area contributed by atoms with E-state index in [1.807, 2.05) is 0 Å². The van der Waals surface area contributed by atoms with Crippen molar-refractivity contribution >= 4 is 5.57 Å². The first-order valence-corrected chi connectivity index (χ1v) is 7.19. The van der Waals surface area contributed by atoms with Crippen LogP contribution in [0.5, 0.6) is 0 Å². The highest BCUT2D eigenvalue weighted by atomic mass is 14.9. The van der Waals surface area contributed by atoms with Crippen LogP contribution < -0.4 is 5.32 Å². The van der Waals surface area contributed by atoms with Crippen molar-refractivity contribution in [1.29, 1.82) is 0 Å². The zero-order valence-electron chi connectivity index (χ0n) is 12.6. The monoisotopic (exact) mass is 266 g/mol. The van der Waals surface area contributed by atoms with Crippen LogP contribution in [0.25, 0.3) is 5.57 Å². The number of hydrogen-bond donors (Lipinski definition) is 1. The number of allylic oxidation sites excluding steroid dienone is 1. The van der Waals surface area contributed by atoms with E-state index in [0.717, 1.165) is 6.42 Å². The summed E-state index contributed by atoms with van der Waals surface area (Å²) in [4.78, 5) is 0. The van der Waals surface area contributed by atoms with E-state index in [1.54, 1.807) is 0 Å². The Kier molecular flexibility index (Phi) is 4.75. The van der Waals surface area contributed by atoms with Crippen molar-refractivity contribution in [1.82, 2.24) is 0 Å². The number of nitrogens with two attached hydrogens (primary N) is 1. The summed E-state index contributed by atoms with van der Waals surface area (Å²) < 4.78 is 0. The minimum Gasteiger partial charge on any atom is -0.316 e. The molecule has 0 atom stereocenters. The van der Waals surface area contributed by atoms with Gasteiger partial charge >= 0.3 is 0 Å². The molecule has 2 N–H and O–H groups in total. The van der Waals surface area contributed by atoms with E-state index in [0.29, 0.717) is 0 Å².